The second-order valence-electron chi connectivity index (χ2n) is 5.52. The summed E-state index contributed by atoms with van der Waals surface area (Å²) in [5.41, 5.74) is 2.15. The van der Waals surface area contributed by atoms with Crippen LogP contribution >= 0.6 is 11.3 Å². The Bertz CT molecular complexity index is 1020. The quantitative estimate of drug-likeness (QED) is 0.722. The van der Waals surface area contributed by atoms with Crippen LogP contribution in [-0.4, -0.2) is 15.9 Å². The zero-order chi connectivity index (χ0) is 18.7. The Hall–Kier alpha value is -3.31. The van der Waals surface area contributed by atoms with Gasteiger partial charge in [0.1, 0.15) is 10.8 Å². The Morgan fingerprint density at radius 3 is 2.77 bits per heavy atom. The Labute approximate surface area is 153 Å². The summed E-state index contributed by atoms with van der Waals surface area (Å²) in [7, 11) is 0. The molecule has 1 amide bonds. The van der Waals surface area contributed by atoms with E-state index in [9.17, 15) is 9.18 Å². The van der Waals surface area contributed by atoms with Crippen LogP contribution in [0.1, 0.15) is 26.8 Å². The number of hydrogen-bond acceptors (Lipinski definition) is 6. The molecule has 3 rings (SSSR count). The summed E-state index contributed by atoms with van der Waals surface area (Å²) < 4.78 is 13.6. The van der Waals surface area contributed by atoms with E-state index in [1.165, 1.54) is 23.5 Å². The van der Waals surface area contributed by atoms with E-state index >= 15 is 0 Å². The van der Waals surface area contributed by atoms with Gasteiger partial charge in [-0.05, 0) is 44.2 Å². The Morgan fingerprint density at radius 2 is 2.04 bits per heavy atom. The lowest BCUT2D eigenvalue weighted by Crippen LogP contribution is -2.14. The maximum atomic E-state index is 13.6. The van der Waals surface area contributed by atoms with E-state index in [4.69, 9.17) is 5.26 Å². The van der Waals surface area contributed by atoms with Crippen LogP contribution in [0.3, 0.4) is 0 Å². The molecule has 0 unspecified atom stereocenters. The fraction of sp³-hybridized carbons (Fsp3) is 0.111. The van der Waals surface area contributed by atoms with Crippen molar-refractivity contribution in [1.29, 1.82) is 5.26 Å². The normalized spacial score (nSPS) is 10.2. The Morgan fingerprint density at radius 1 is 1.23 bits per heavy atom. The van der Waals surface area contributed by atoms with Crippen molar-refractivity contribution in [2.45, 2.75) is 13.8 Å². The third-order valence-corrected chi connectivity index (χ3v) is 4.27. The lowest BCUT2D eigenvalue weighted by molar-refractivity contribution is 0.102. The summed E-state index contributed by atoms with van der Waals surface area (Å²) in [4.78, 5) is 20.9. The van der Waals surface area contributed by atoms with Crippen molar-refractivity contribution in [3.63, 3.8) is 0 Å². The van der Waals surface area contributed by atoms with E-state index in [0.29, 0.717) is 21.4 Å². The van der Waals surface area contributed by atoms with E-state index in [2.05, 4.69) is 20.6 Å². The van der Waals surface area contributed by atoms with E-state index in [1.54, 1.807) is 25.3 Å². The molecule has 0 aliphatic carbocycles. The van der Waals surface area contributed by atoms with Gasteiger partial charge in [0, 0.05) is 23.3 Å². The molecule has 0 spiro atoms. The van der Waals surface area contributed by atoms with Crippen LogP contribution in [0.2, 0.25) is 0 Å². The van der Waals surface area contributed by atoms with Crippen LogP contribution in [0, 0.1) is 31.0 Å². The summed E-state index contributed by atoms with van der Waals surface area (Å²) in [6, 6.07) is 9.23. The highest BCUT2D eigenvalue weighted by atomic mass is 32.1. The molecule has 0 aliphatic rings. The van der Waals surface area contributed by atoms with Crippen molar-refractivity contribution in [3.05, 3.63) is 64.3 Å². The van der Waals surface area contributed by atoms with Crippen LogP contribution in [0.25, 0.3) is 0 Å². The first-order valence-electron chi connectivity index (χ1n) is 7.64. The highest BCUT2D eigenvalue weighted by molar-refractivity contribution is 7.16. The van der Waals surface area contributed by atoms with Gasteiger partial charge in [0.25, 0.3) is 5.91 Å². The SMILES string of the molecule is Cc1cc(NC(=O)c2nc(C)sc2Nc2cc(F)cc(C#N)c2)ccn1. The fourth-order valence-electron chi connectivity index (χ4n) is 2.34. The molecular formula is C18H14FN5OS. The Balaban J connectivity index is 1.87. The third-order valence-electron chi connectivity index (χ3n) is 3.39. The van der Waals surface area contributed by atoms with Gasteiger partial charge < -0.3 is 10.6 Å². The monoisotopic (exact) mass is 367 g/mol. The van der Waals surface area contributed by atoms with Crippen LogP contribution in [0.15, 0.2) is 36.5 Å². The predicted octanol–water partition coefficient (Wildman–Crippen LogP) is 4.16. The smallest absolute Gasteiger partial charge is 0.277 e. The maximum absolute atomic E-state index is 13.6. The van der Waals surface area contributed by atoms with Gasteiger partial charge in [0.05, 0.1) is 16.6 Å². The van der Waals surface area contributed by atoms with Gasteiger partial charge in [-0.25, -0.2) is 9.37 Å². The van der Waals surface area contributed by atoms with Gasteiger partial charge in [-0.1, -0.05) is 0 Å². The number of thiazole rings is 1. The van der Waals surface area contributed by atoms with Crippen LogP contribution in [-0.2, 0) is 0 Å². The number of amides is 1. The minimum Gasteiger partial charge on any atom is -0.345 e. The van der Waals surface area contributed by atoms with Gasteiger partial charge in [-0.3, -0.25) is 9.78 Å². The average molecular weight is 367 g/mol. The summed E-state index contributed by atoms with van der Waals surface area (Å²) in [5, 5.41) is 15.9. The molecule has 130 valence electrons. The van der Waals surface area contributed by atoms with Crippen molar-refractivity contribution in [2.75, 3.05) is 10.6 Å². The first-order chi connectivity index (χ1) is 12.4. The van der Waals surface area contributed by atoms with Crippen molar-refractivity contribution in [1.82, 2.24) is 9.97 Å². The number of rotatable bonds is 4. The van der Waals surface area contributed by atoms with Crippen molar-refractivity contribution >= 4 is 33.6 Å². The summed E-state index contributed by atoms with van der Waals surface area (Å²) >= 11 is 1.27. The first-order valence-corrected chi connectivity index (χ1v) is 8.45. The topological polar surface area (TPSA) is 90.7 Å². The molecule has 6 nitrogen and oxygen atoms in total. The molecule has 2 heterocycles. The molecule has 3 aromatic rings. The minimum absolute atomic E-state index is 0.187. The summed E-state index contributed by atoms with van der Waals surface area (Å²) in [5.74, 6) is -0.926. The van der Waals surface area contributed by atoms with Crippen LogP contribution < -0.4 is 10.6 Å². The first kappa shape index (κ1) is 17.5. The number of aromatic nitrogens is 2. The molecule has 8 heteroatoms. The van der Waals surface area contributed by atoms with E-state index in [1.807, 2.05) is 13.0 Å². The Kier molecular flexibility index (Phi) is 4.91. The van der Waals surface area contributed by atoms with Crippen LogP contribution in [0.5, 0.6) is 0 Å². The molecule has 0 bridgehead atoms. The van der Waals surface area contributed by atoms with Crippen molar-refractivity contribution < 1.29 is 9.18 Å². The van der Waals surface area contributed by atoms with Gasteiger partial charge in [0.15, 0.2) is 5.69 Å². The summed E-state index contributed by atoms with van der Waals surface area (Å²) in [6.07, 6.45) is 1.60. The third kappa shape index (κ3) is 4.02. The molecule has 2 aromatic heterocycles. The minimum atomic E-state index is -0.536. The molecule has 0 saturated heterocycles. The zero-order valence-electron chi connectivity index (χ0n) is 14.0. The molecule has 0 aliphatic heterocycles. The van der Waals surface area contributed by atoms with Crippen molar-refractivity contribution in [2.24, 2.45) is 0 Å². The molecule has 2 N–H and O–H groups in total. The molecular weight excluding hydrogens is 353 g/mol. The number of benzene rings is 1. The number of nitrogens with one attached hydrogen (secondary N) is 2. The average Bonchev–Trinajstić information content (AvgIpc) is 2.94. The number of nitriles is 1. The molecule has 0 radical (unpaired) electrons. The van der Waals surface area contributed by atoms with Gasteiger partial charge >= 0.3 is 0 Å². The molecule has 0 saturated carbocycles. The lowest BCUT2D eigenvalue weighted by atomic mass is 10.2. The molecule has 26 heavy (non-hydrogen) atoms. The van der Waals surface area contributed by atoms with Crippen molar-refractivity contribution in [3.8, 4) is 6.07 Å². The number of aryl methyl sites for hydroxylation is 2. The van der Waals surface area contributed by atoms with Gasteiger partial charge in [-0.15, -0.1) is 11.3 Å². The van der Waals surface area contributed by atoms with Gasteiger partial charge in [0.2, 0.25) is 0 Å². The number of anilines is 3. The van der Waals surface area contributed by atoms with E-state index in [0.717, 1.165) is 11.8 Å². The number of nitrogens with zero attached hydrogens (tertiary/aromatic N) is 3. The number of halogens is 1. The predicted molar refractivity (Wildman–Crippen MR) is 98.2 cm³/mol. The summed E-state index contributed by atoms with van der Waals surface area (Å²) in [6.45, 7) is 3.60. The van der Waals surface area contributed by atoms with E-state index < -0.39 is 5.82 Å². The highest BCUT2D eigenvalue weighted by Gasteiger charge is 2.18. The zero-order valence-corrected chi connectivity index (χ0v) is 14.8. The van der Waals surface area contributed by atoms with Crippen LogP contribution in [0.4, 0.5) is 20.8 Å². The molecule has 1 aromatic carbocycles. The second-order valence-corrected chi connectivity index (χ2v) is 6.72. The number of hydrogen-bond donors (Lipinski definition) is 2. The van der Waals surface area contributed by atoms with E-state index in [-0.39, 0.29) is 17.2 Å². The maximum Gasteiger partial charge on any atom is 0.277 e. The van der Waals surface area contributed by atoms with Gasteiger partial charge in [-0.2, -0.15) is 5.26 Å². The molecule has 0 fully saturated rings. The fourth-order valence-corrected chi connectivity index (χ4v) is 3.17. The number of carbonyl (C=O) groups excluding carboxylic acids is 1. The highest BCUT2D eigenvalue weighted by Crippen LogP contribution is 2.29. The lowest BCUT2D eigenvalue weighted by Gasteiger charge is -2.08. The molecule has 0 atom stereocenters. The number of pyridine rings is 1. The number of carbonyl (C=O) groups is 1. The second kappa shape index (κ2) is 7.29. The standard InChI is InChI=1S/C18H14FN5OS/c1-10-5-14(3-4-21-10)23-17(25)16-18(26-11(2)22-16)24-15-7-12(9-20)6-13(19)8-15/h3-8,24H,1-2H3,(H,21,23,25). The largest absolute Gasteiger partial charge is 0.345 e.